The van der Waals surface area contributed by atoms with Gasteiger partial charge in [-0.2, -0.15) is 0 Å². The van der Waals surface area contributed by atoms with Crippen LogP contribution >= 0.6 is 0 Å². The second-order valence-corrected chi connectivity index (χ2v) is 11.2. The van der Waals surface area contributed by atoms with Crippen molar-refractivity contribution in [3.05, 3.63) is 155 Å². The van der Waals surface area contributed by atoms with Crippen LogP contribution in [0.1, 0.15) is 22.3 Å². The molecule has 0 aliphatic rings. The van der Waals surface area contributed by atoms with E-state index < -0.39 is 11.9 Å². The Bertz CT molecular complexity index is 2100. The molecule has 0 radical (unpaired) electrons. The summed E-state index contributed by atoms with van der Waals surface area (Å²) < 4.78 is 0. The molecule has 0 bridgehead atoms. The summed E-state index contributed by atoms with van der Waals surface area (Å²) in [5, 5.41) is 24.0. The number of para-hydroxylation sites is 4. The van der Waals surface area contributed by atoms with Crippen molar-refractivity contribution in [1.29, 1.82) is 0 Å². The third-order valence-electron chi connectivity index (χ3n) is 8.26. The molecule has 5 aromatic carbocycles. The van der Waals surface area contributed by atoms with Crippen LogP contribution in [0.2, 0.25) is 0 Å². The van der Waals surface area contributed by atoms with Crippen LogP contribution in [0.3, 0.4) is 0 Å². The molecule has 222 valence electrons. The molecule has 0 fully saturated rings. The Morgan fingerprint density at radius 3 is 1.02 bits per heavy atom. The molecule has 2 heterocycles. The molecule has 0 amide bonds. The predicted molar refractivity (Wildman–Crippen MR) is 184 cm³/mol. The summed E-state index contributed by atoms with van der Waals surface area (Å²) in [6, 6.07) is 38.4. The number of aliphatic carboxylic acids is 2. The van der Waals surface area contributed by atoms with Crippen LogP contribution in [0, 0.1) is 0 Å². The fraction of sp³-hybridized carbons (Fsp3) is 0.0500. The summed E-state index contributed by atoms with van der Waals surface area (Å²) in [5.74, 6) is -2.00. The molecule has 0 unspecified atom stereocenters. The van der Waals surface area contributed by atoms with E-state index in [-0.39, 0.29) is 24.0 Å². The third-order valence-corrected chi connectivity index (χ3v) is 8.26. The lowest BCUT2D eigenvalue weighted by Gasteiger charge is -2.11. The molecule has 0 aliphatic carbocycles. The van der Waals surface area contributed by atoms with E-state index in [4.69, 9.17) is 9.97 Å². The Kier molecular flexibility index (Phi) is 7.53. The maximum Gasteiger partial charge on any atom is 0.331 e. The molecule has 2 N–H and O–H groups in total. The van der Waals surface area contributed by atoms with Gasteiger partial charge in [0.15, 0.2) is 0 Å². The lowest BCUT2D eigenvalue weighted by atomic mass is 9.95. The van der Waals surface area contributed by atoms with E-state index >= 15 is 0 Å². The topological polar surface area (TPSA) is 100 Å². The van der Waals surface area contributed by atoms with Crippen LogP contribution in [0.5, 0.6) is 0 Å². The molecular formula is C40H28N2O4. The van der Waals surface area contributed by atoms with E-state index in [2.05, 4.69) is 0 Å². The molecule has 2 aromatic heterocycles. The Morgan fingerprint density at radius 1 is 0.457 bits per heavy atom. The van der Waals surface area contributed by atoms with E-state index in [1.165, 1.54) is 0 Å². The maximum atomic E-state index is 12.5. The number of fused-ring (bicyclic) bond motifs is 4. The fourth-order valence-electron chi connectivity index (χ4n) is 6.00. The smallest absolute Gasteiger partial charge is 0.331 e. The zero-order valence-electron chi connectivity index (χ0n) is 24.7. The molecule has 0 atom stereocenters. The van der Waals surface area contributed by atoms with Gasteiger partial charge in [0, 0.05) is 45.5 Å². The normalized spacial score (nSPS) is 12.3. The number of hydrogen-bond donors (Lipinski definition) is 2. The highest BCUT2D eigenvalue weighted by molar-refractivity contribution is 6.07. The Balaban J connectivity index is 1.21. The standard InChI is InChI=1S/C40H28N2O4/c43-39(44)27(23-33-29-9-1-5-13-35(29)41-36-14-6-2-10-30(33)36)21-25-17-19-26(20-18-25)22-28(40(45)46)24-34-31-11-3-7-15-37(31)42-38-16-8-4-12-32(34)38/h1-20,23-24H,21-22H2,(H,43,44)(H,45,46). The van der Waals surface area contributed by atoms with Gasteiger partial charge in [-0.05, 0) is 58.7 Å². The Labute approximate surface area is 264 Å². The number of hydrogen-bond acceptors (Lipinski definition) is 4. The highest BCUT2D eigenvalue weighted by atomic mass is 16.4. The van der Waals surface area contributed by atoms with Gasteiger partial charge in [0.1, 0.15) is 0 Å². The van der Waals surface area contributed by atoms with E-state index in [0.717, 1.165) is 65.9 Å². The van der Waals surface area contributed by atoms with Gasteiger partial charge in [0.25, 0.3) is 0 Å². The second kappa shape index (κ2) is 12.1. The lowest BCUT2D eigenvalue weighted by molar-refractivity contribution is -0.133. The van der Waals surface area contributed by atoms with Gasteiger partial charge in [0.2, 0.25) is 0 Å². The average Bonchev–Trinajstić information content (AvgIpc) is 3.07. The van der Waals surface area contributed by atoms with Gasteiger partial charge in [-0.3, -0.25) is 0 Å². The fourth-order valence-corrected chi connectivity index (χ4v) is 6.00. The van der Waals surface area contributed by atoms with Gasteiger partial charge >= 0.3 is 11.9 Å². The summed E-state index contributed by atoms with van der Waals surface area (Å²) in [4.78, 5) is 34.4. The molecule has 7 rings (SSSR count). The molecular weight excluding hydrogens is 572 g/mol. The average molecular weight is 601 g/mol. The van der Waals surface area contributed by atoms with Crippen molar-refractivity contribution in [3.63, 3.8) is 0 Å². The largest absolute Gasteiger partial charge is 0.478 e. The lowest BCUT2D eigenvalue weighted by Crippen LogP contribution is -2.06. The number of rotatable bonds is 8. The van der Waals surface area contributed by atoms with E-state index in [0.29, 0.717) is 0 Å². The molecule has 0 aliphatic heterocycles. The molecule has 0 spiro atoms. The SMILES string of the molecule is O=C(O)C(=Cc1c2ccccc2nc2ccccc12)Cc1ccc(CC(=Cc2c3ccccc3nc3ccccc23)C(=O)O)cc1. The highest BCUT2D eigenvalue weighted by Crippen LogP contribution is 2.30. The van der Waals surface area contributed by atoms with Crippen LogP contribution in [0.25, 0.3) is 55.8 Å². The summed E-state index contributed by atoms with van der Waals surface area (Å²) in [5.41, 5.74) is 6.97. The number of carboxylic acid groups (broad SMARTS) is 2. The molecule has 0 saturated carbocycles. The summed E-state index contributed by atoms with van der Waals surface area (Å²) in [6.07, 6.45) is 3.91. The minimum atomic E-state index is -0.998. The number of carboxylic acids is 2. The van der Waals surface area contributed by atoms with Crippen LogP contribution in [0.15, 0.2) is 132 Å². The van der Waals surface area contributed by atoms with Crippen LogP contribution in [0.4, 0.5) is 0 Å². The van der Waals surface area contributed by atoms with Crippen LogP contribution < -0.4 is 0 Å². The van der Waals surface area contributed by atoms with Crippen LogP contribution in [-0.2, 0) is 22.4 Å². The van der Waals surface area contributed by atoms with Gasteiger partial charge in [-0.1, -0.05) is 97.1 Å². The number of carbonyl (C=O) groups is 2. The second-order valence-electron chi connectivity index (χ2n) is 11.2. The molecule has 46 heavy (non-hydrogen) atoms. The molecule has 6 heteroatoms. The number of aromatic nitrogens is 2. The zero-order valence-corrected chi connectivity index (χ0v) is 24.7. The van der Waals surface area contributed by atoms with Crippen molar-refractivity contribution in [2.24, 2.45) is 0 Å². The maximum absolute atomic E-state index is 12.5. The highest BCUT2D eigenvalue weighted by Gasteiger charge is 2.15. The molecule has 6 nitrogen and oxygen atoms in total. The quantitative estimate of drug-likeness (QED) is 0.134. The summed E-state index contributed by atoms with van der Waals surface area (Å²) in [6.45, 7) is 0. The van der Waals surface area contributed by atoms with Gasteiger partial charge in [-0.15, -0.1) is 0 Å². The molecule has 0 saturated heterocycles. The van der Waals surface area contributed by atoms with Crippen molar-refractivity contribution >= 4 is 67.7 Å². The third kappa shape index (κ3) is 5.60. The monoisotopic (exact) mass is 600 g/mol. The van der Waals surface area contributed by atoms with Gasteiger partial charge in [0.05, 0.1) is 22.1 Å². The molecule has 7 aromatic rings. The zero-order chi connectivity index (χ0) is 31.6. The van der Waals surface area contributed by atoms with E-state index in [1.54, 1.807) is 12.2 Å². The van der Waals surface area contributed by atoms with Crippen molar-refractivity contribution in [2.45, 2.75) is 12.8 Å². The Hall–Kier alpha value is -6.14. The number of pyridine rings is 2. The van der Waals surface area contributed by atoms with Crippen LogP contribution in [-0.4, -0.2) is 32.1 Å². The van der Waals surface area contributed by atoms with Crippen molar-refractivity contribution in [3.8, 4) is 0 Å². The van der Waals surface area contributed by atoms with Crippen molar-refractivity contribution in [2.75, 3.05) is 0 Å². The minimum absolute atomic E-state index is 0.206. The van der Waals surface area contributed by atoms with E-state index in [1.807, 2.05) is 121 Å². The van der Waals surface area contributed by atoms with E-state index in [9.17, 15) is 19.8 Å². The summed E-state index contributed by atoms with van der Waals surface area (Å²) in [7, 11) is 0. The number of benzene rings is 5. The number of nitrogens with zero attached hydrogens (tertiary/aromatic N) is 2. The van der Waals surface area contributed by atoms with Gasteiger partial charge < -0.3 is 10.2 Å². The van der Waals surface area contributed by atoms with Crippen molar-refractivity contribution in [1.82, 2.24) is 9.97 Å². The van der Waals surface area contributed by atoms with Crippen molar-refractivity contribution < 1.29 is 19.8 Å². The first kappa shape index (κ1) is 28.6. The summed E-state index contributed by atoms with van der Waals surface area (Å²) >= 11 is 0. The van der Waals surface area contributed by atoms with Gasteiger partial charge in [-0.25, -0.2) is 19.6 Å². The first-order chi connectivity index (χ1) is 22.4. The minimum Gasteiger partial charge on any atom is -0.478 e. The first-order valence-electron chi connectivity index (χ1n) is 14.9. The first-order valence-corrected chi connectivity index (χ1v) is 14.9. The predicted octanol–water partition coefficient (Wildman–Crippen LogP) is 8.51. The Morgan fingerprint density at radius 2 is 0.739 bits per heavy atom.